The highest BCUT2D eigenvalue weighted by Gasteiger charge is 2.15. The van der Waals surface area contributed by atoms with Crippen LogP contribution in [0.15, 0.2) is 85.1 Å². The third-order valence-corrected chi connectivity index (χ3v) is 5.78. The second-order valence-corrected chi connectivity index (χ2v) is 8.38. The second-order valence-electron chi connectivity index (χ2n) is 7.94. The van der Waals surface area contributed by atoms with Crippen LogP contribution < -0.4 is 10.1 Å². The maximum atomic E-state index is 12.7. The summed E-state index contributed by atoms with van der Waals surface area (Å²) in [4.78, 5) is 16.0. The van der Waals surface area contributed by atoms with E-state index in [2.05, 4.69) is 35.1 Å². The van der Waals surface area contributed by atoms with Crippen LogP contribution in [0.3, 0.4) is 0 Å². The molecule has 0 saturated heterocycles. The number of H-pyrrole nitrogens is 1. The van der Waals surface area contributed by atoms with E-state index in [4.69, 9.17) is 4.74 Å². The summed E-state index contributed by atoms with van der Waals surface area (Å²) in [6.45, 7) is 0.528. The summed E-state index contributed by atoms with van der Waals surface area (Å²) < 4.78 is 5.83. The molecule has 164 valence electrons. The number of thiol groups is 1. The Bertz CT molecular complexity index is 1140. The van der Waals surface area contributed by atoms with Crippen molar-refractivity contribution in [1.82, 2.24) is 10.3 Å². The number of fused-ring (bicyclic) bond motifs is 1. The monoisotopic (exact) mass is 444 g/mol. The molecular weight excluding hydrogens is 416 g/mol. The molecule has 0 bridgehead atoms. The average Bonchev–Trinajstić information content (AvgIpc) is 3.22. The Hall–Kier alpha value is -3.18. The van der Waals surface area contributed by atoms with E-state index in [1.807, 2.05) is 72.9 Å². The first-order valence-corrected chi connectivity index (χ1v) is 11.6. The van der Waals surface area contributed by atoms with Gasteiger partial charge in [0.05, 0.1) is 6.42 Å². The van der Waals surface area contributed by atoms with Crippen molar-refractivity contribution in [1.29, 1.82) is 0 Å². The van der Waals surface area contributed by atoms with Gasteiger partial charge in [-0.1, -0.05) is 60.7 Å². The van der Waals surface area contributed by atoms with E-state index >= 15 is 0 Å². The molecule has 2 N–H and O–H groups in total. The van der Waals surface area contributed by atoms with Gasteiger partial charge in [-0.25, -0.2) is 0 Å². The van der Waals surface area contributed by atoms with Crippen LogP contribution in [0.25, 0.3) is 10.9 Å². The zero-order valence-corrected chi connectivity index (χ0v) is 18.9. The van der Waals surface area contributed by atoms with Gasteiger partial charge >= 0.3 is 0 Å². The molecule has 4 aromatic rings. The van der Waals surface area contributed by atoms with Crippen molar-refractivity contribution in [2.75, 3.05) is 5.75 Å². The molecule has 1 amide bonds. The Kier molecular flexibility index (Phi) is 7.51. The number of nitrogens with one attached hydrogen (secondary N) is 2. The van der Waals surface area contributed by atoms with Crippen LogP contribution in [0.5, 0.6) is 5.75 Å². The van der Waals surface area contributed by atoms with Crippen molar-refractivity contribution in [3.05, 3.63) is 102 Å². The number of carbonyl (C=O) groups is 1. The molecule has 1 atom stereocenters. The number of para-hydroxylation sites is 1. The van der Waals surface area contributed by atoms with Gasteiger partial charge in [-0.05, 0) is 53.5 Å². The Morgan fingerprint density at radius 1 is 0.938 bits per heavy atom. The molecule has 32 heavy (non-hydrogen) atoms. The Morgan fingerprint density at radius 2 is 1.69 bits per heavy atom. The van der Waals surface area contributed by atoms with E-state index in [-0.39, 0.29) is 11.9 Å². The number of ether oxygens (including phenoxy) is 1. The molecule has 5 heteroatoms. The molecule has 3 aromatic carbocycles. The lowest BCUT2D eigenvalue weighted by Gasteiger charge is -2.18. The van der Waals surface area contributed by atoms with E-state index in [0.29, 0.717) is 13.0 Å². The number of aromatic nitrogens is 1. The van der Waals surface area contributed by atoms with Crippen LogP contribution in [-0.2, 0) is 24.2 Å². The predicted molar refractivity (Wildman–Crippen MR) is 133 cm³/mol. The van der Waals surface area contributed by atoms with Crippen molar-refractivity contribution in [3.63, 3.8) is 0 Å². The first kappa shape index (κ1) is 22.0. The molecule has 0 aliphatic heterocycles. The third-order valence-electron chi connectivity index (χ3n) is 5.52. The number of aromatic amines is 1. The zero-order valence-electron chi connectivity index (χ0n) is 18.0. The summed E-state index contributed by atoms with van der Waals surface area (Å²) >= 11 is 4.39. The Balaban J connectivity index is 1.31. The Labute approximate surface area is 194 Å². The topological polar surface area (TPSA) is 54.1 Å². The fourth-order valence-corrected chi connectivity index (χ4v) is 4.17. The molecule has 1 heterocycles. The molecule has 0 aliphatic carbocycles. The highest BCUT2D eigenvalue weighted by molar-refractivity contribution is 7.80. The largest absolute Gasteiger partial charge is 0.489 e. The van der Waals surface area contributed by atoms with Gasteiger partial charge in [0.1, 0.15) is 12.4 Å². The first-order chi connectivity index (χ1) is 15.7. The summed E-state index contributed by atoms with van der Waals surface area (Å²) in [5.41, 5.74) is 4.42. The minimum absolute atomic E-state index is 0.0228. The van der Waals surface area contributed by atoms with Gasteiger partial charge in [0.25, 0.3) is 0 Å². The highest BCUT2D eigenvalue weighted by atomic mass is 32.1. The molecular formula is C27H28N2O2S. The van der Waals surface area contributed by atoms with Crippen molar-refractivity contribution < 1.29 is 9.53 Å². The predicted octanol–water partition coefficient (Wildman–Crippen LogP) is 5.34. The standard InChI is InChI=1S/C27H28N2O2S/c30-27(16-20-10-12-24(13-11-20)31-19-21-6-2-1-3-7-21)29-23(14-15-32)17-22-18-28-26-9-5-4-8-25(22)26/h1-13,18,23,28,32H,14-17,19H2,(H,29,30)/t23-/m0/s1. The van der Waals surface area contributed by atoms with E-state index in [1.54, 1.807) is 0 Å². The summed E-state index contributed by atoms with van der Waals surface area (Å²) in [5, 5.41) is 4.40. The van der Waals surface area contributed by atoms with Gasteiger partial charge < -0.3 is 15.0 Å². The molecule has 0 radical (unpaired) electrons. The molecule has 4 nitrogen and oxygen atoms in total. The quantitative estimate of drug-likeness (QED) is 0.289. The van der Waals surface area contributed by atoms with Gasteiger partial charge in [0, 0.05) is 23.1 Å². The minimum Gasteiger partial charge on any atom is -0.489 e. The van der Waals surface area contributed by atoms with Crippen LogP contribution in [0.1, 0.15) is 23.1 Å². The van der Waals surface area contributed by atoms with Gasteiger partial charge in [-0.2, -0.15) is 12.6 Å². The summed E-state index contributed by atoms with van der Waals surface area (Å²) in [6.07, 6.45) is 3.98. The molecule has 0 fully saturated rings. The second kappa shape index (κ2) is 10.9. The lowest BCUT2D eigenvalue weighted by molar-refractivity contribution is -0.121. The fourth-order valence-electron chi connectivity index (χ4n) is 3.86. The normalized spacial score (nSPS) is 11.9. The number of carbonyl (C=O) groups excluding carboxylic acids is 1. The van der Waals surface area contributed by atoms with Gasteiger partial charge in [-0.15, -0.1) is 0 Å². The molecule has 0 aliphatic rings. The van der Waals surface area contributed by atoms with E-state index in [0.717, 1.165) is 41.0 Å². The van der Waals surface area contributed by atoms with Crippen LogP contribution in [0.4, 0.5) is 0 Å². The zero-order chi connectivity index (χ0) is 22.2. The summed E-state index contributed by atoms with van der Waals surface area (Å²) in [5.74, 6) is 1.54. The smallest absolute Gasteiger partial charge is 0.224 e. The summed E-state index contributed by atoms with van der Waals surface area (Å²) in [6, 6.07) is 26.1. The van der Waals surface area contributed by atoms with E-state index in [1.165, 1.54) is 10.9 Å². The summed E-state index contributed by atoms with van der Waals surface area (Å²) in [7, 11) is 0. The molecule has 1 aromatic heterocycles. The van der Waals surface area contributed by atoms with E-state index < -0.39 is 0 Å². The van der Waals surface area contributed by atoms with Crippen LogP contribution >= 0.6 is 12.6 Å². The Morgan fingerprint density at radius 3 is 2.47 bits per heavy atom. The third kappa shape index (κ3) is 5.95. The average molecular weight is 445 g/mol. The van der Waals surface area contributed by atoms with Crippen LogP contribution in [0, 0.1) is 0 Å². The molecule has 0 unspecified atom stereocenters. The van der Waals surface area contributed by atoms with Crippen molar-refractivity contribution in [2.45, 2.75) is 31.9 Å². The van der Waals surface area contributed by atoms with Crippen molar-refractivity contribution in [2.24, 2.45) is 0 Å². The van der Waals surface area contributed by atoms with Gasteiger partial charge in [0.2, 0.25) is 5.91 Å². The van der Waals surface area contributed by atoms with Crippen LogP contribution in [0.2, 0.25) is 0 Å². The maximum absolute atomic E-state index is 12.7. The maximum Gasteiger partial charge on any atom is 0.224 e. The number of hydrogen-bond donors (Lipinski definition) is 3. The molecule has 0 saturated carbocycles. The molecule has 4 rings (SSSR count). The highest BCUT2D eigenvalue weighted by Crippen LogP contribution is 2.20. The SMILES string of the molecule is O=C(Cc1ccc(OCc2ccccc2)cc1)N[C@@H](CCS)Cc1c[nH]c2ccccc12. The first-order valence-electron chi connectivity index (χ1n) is 10.9. The number of rotatable bonds is 10. The minimum atomic E-state index is 0.0228. The lowest BCUT2D eigenvalue weighted by atomic mass is 10.0. The number of amides is 1. The lowest BCUT2D eigenvalue weighted by Crippen LogP contribution is -2.37. The van der Waals surface area contributed by atoms with E-state index in [9.17, 15) is 4.79 Å². The van der Waals surface area contributed by atoms with Gasteiger partial charge in [0.15, 0.2) is 0 Å². The van der Waals surface area contributed by atoms with Gasteiger partial charge in [-0.3, -0.25) is 4.79 Å². The van der Waals surface area contributed by atoms with Crippen molar-refractivity contribution >= 4 is 29.4 Å². The van der Waals surface area contributed by atoms with Crippen LogP contribution in [-0.4, -0.2) is 22.7 Å². The molecule has 0 spiro atoms. The fraction of sp³-hybridized carbons (Fsp3) is 0.222. The van der Waals surface area contributed by atoms with Crippen molar-refractivity contribution in [3.8, 4) is 5.75 Å². The number of hydrogen-bond acceptors (Lipinski definition) is 3. The number of benzene rings is 3.